The molecule has 3 rings (SSSR count). The van der Waals surface area contributed by atoms with Crippen LogP contribution in [0, 0.1) is 17.0 Å². The highest BCUT2D eigenvalue weighted by Crippen LogP contribution is 2.31. The van der Waals surface area contributed by atoms with E-state index in [4.69, 9.17) is 4.74 Å². The van der Waals surface area contributed by atoms with E-state index in [0.29, 0.717) is 18.7 Å². The Morgan fingerprint density at radius 2 is 1.86 bits per heavy atom. The van der Waals surface area contributed by atoms with Crippen LogP contribution in [0.2, 0.25) is 0 Å². The van der Waals surface area contributed by atoms with Crippen LogP contribution in [0.5, 0.6) is 5.75 Å². The highest BCUT2D eigenvalue weighted by atomic mass is 32.2. The van der Waals surface area contributed by atoms with E-state index in [9.17, 15) is 23.3 Å². The lowest BCUT2D eigenvalue weighted by molar-refractivity contribution is -0.385. The van der Waals surface area contributed by atoms with Crippen molar-refractivity contribution < 1.29 is 22.9 Å². The number of rotatable bonds is 6. The third-order valence-corrected chi connectivity index (χ3v) is 6.68. The summed E-state index contributed by atoms with van der Waals surface area (Å²) in [5, 5.41) is 13.7. The maximum absolute atomic E-state index is 12.8. The minimum absolute atomic E-state index is 0.0467. The zero-order chi connectivity index (χ0) is 21.2. The number of anilines is 1. The maximum atomic E-state index is 12.8. The summed E-state index contributed by atoms with van der Waals surface area (Å²) in [5.74, 6) is -0.331. The van der Waals surface area contributed by atoms with E-state index in [2.05, 4.69) is 5.32 Å². The minimum Gasteiger partial charge on any atom is -0.495 e. The topological polar surface area (TPSA) is 119 Å². The van der Waals surface area contributed by atoms with Crippen LogP contribution in [0.4, 0.5) is 11.4 Å². The second-order valence-electron chi connectivity index (χ2n) is 6.69. The Morgan fingerprint density at radius 1 is 1.17 bits per heavy atom. The smallest absolute Gasteiger partial charge is 0.273 e. The van der Waals surface area contributed by atoms with Gasteiger partial charge in [-0.1, -0.05) is 6.07 Å². The lowest BCUT2D eigenvalue weighted by atomic mass is 10.1. The van der Waals surface area contributed by atoms with Crippen LogP contribution in [0.25, 0.3) is 0 Å². The van der Waals surface area contributed by atoms with E-state index in [0.717, 1.165) is 12.8 Å². The number of methoxy groups -OCH3 is 1. The Bertz CT molecular complexity index is 1060. The van der Waals surface area contributed by atoms with Gasteiger partial charge in [0.15, 0.2) is 0 Å². The summed E-state index contributed by atoms with van der Waals surface area (Å²) in [6, 6.07) is 8.37. The molecule has 1 heterocycles. The maximum Gasteiger partial charge on any atom is 0.273 e. The van der Waals surface area contributed by atoms with Crippen LogP contribution in [0.15, 0.2) is 41.3 Å². The molecule has 29 heavy (non-hydrogen) atoms. The first kappa shape index (κ1) is 20.7. The van der Waals surface area contributed by atoms with Gasteiger partial charge in [0, 0.05) is 30.3 Å². The number of carbonyl (C=O) groups is 1. The number of hydrogen-bond donors (Lipinski definition) is 1. The molecule has 2 aromatic carbocycles. The number of amides is 1. The van der Waals surface area contributed by atoms with Gasteiger partial charge in [-0.15, -0.1) is 0 Å². The molecular weight excluding hydrogens is 398 g/mol. The molecule has 1 aliphatic heterocycles. The number of aryl methyl sites for hydroxylation is 1. The molecule has 0 unspecified atom stereocenters. The first-order valence-corrected chi connectivity index (χ1v) is 10.4. The number of nitrogens with one attached hydrogen (secondary N) is 1. The zero-order valence-corrected chi connectivity index (χ0v) is 16.9. The summed E-state index contributed by atoms with van der Waals surface area (Å²) in [6.45, 7) is 2.50. The van der Waals surface area contributed by atoms with Crippen molar-refractivity contribution in [3.63, 3.8) is 0 Å². The number of benzene rings is 2. The molecule has 0 saturated carbocycles. The van der Waals surface area contributed by atoms with Gasteiger partial charge in [-0.25, -0.2) is 8.42 Å². The van der Waals surface area contributed by atoms with E-state index in [1.807, 2.05) is 0 Å². The molecule has 1 N–H and O–H groups in total. The lowest BCUT2D eigenvalue weighted by Crippen LogP contribution is -2.28. The van der Waals surface area contributed by atoms with Gasteiger partial charge >= 0.3 is 0 Å². The predicted octanol–water partition coefficient (Wildman–Crippen LogP) is 2.95. The standard InChI is InChI=1S/C19H21N3O6S/c1-13-5-6-14(11-17(13)22(24)25)19(23)20-16-12-15(7-8-18(16)28-2)29(26,27)21-9-3-4-10-21/h5-8,11-12H,3-4,9-10H2,1-2H3,(H,20,23). The first-order valence-electron chi connectivity index (χ1n) is 8.98. The van der Waals surface area contributed by atoms with Crippen LogP contribution in [-0.2, 0) is 10.0 Å². The van der Waals surface area contributed by atoms with Gasteiger partial charge in [0.2, 0.25) is 10.0 Å². The van der Waals surface area contributed by atoms with Gasteiger partial charge in [0.25, 0.3) is 11.6 Å². The quantitative estimate of drug-likeness (QED) is 0.568. The van der Waals surface area contributed by atoms with Crippen molar-refractivity contribution in [2.75, 3.05) is 25.5 Å². The average Bonchev–Trinajstić information content (AvgIpc) is 3.23. The summed E-state index contributed by atoms with van der Waals surface area (Å²) < 4.78 is 32.2. The Hall–Kier alpha value is -2.98. The summed E-state index contributed by atoms with van der Waals surface area (Å²) in [5.41, 5.74) is 0.510. The Labute approximate surface area is 168 Å². The molecule has 0 aliphatic carbocycles. The van der Waals surface area contributed by atoms with Crippen LogP contribution >= 0.6 is 0 Å². The first-order chi connectivity index (χ1) is 13.7. The molecule has 10 heteroatoms. The van der Waals surface area contributed by atoms with Crippen LogP contribution in [0.1, 0.15) is 28.8 Å². The molecule has 0 bridgehead atoms. The summed E-state index contributed by atoms with van der Waals surface area (Å²) in [7, 11) is -2.27. The summed E-state index contributed by atoms with van der Waals surface area (Å²) in [6.07, 6.45) is 1.62. The fourth-order valence-corrected chi connectivity index (χ4v) is 4.71. The molecule has 0 radical (unpaired) electrons. The number of nitrogens with zero attached hydrogens (tertiary/aromatic N) is 2. The van der Waals surface area contributed by atoms with Crippen molar-refractivity contribution in [2.24, 2.45) is 0 Å². The number of nitro groups is 1. The largest absolute Gasteiger partial charge is 0.495 e. The highest BCUT2D eigenvalue weighted by molar-refractivity contribution is 7.89. The molecule has 2 aromatic rings. The molecule has 154 valence electrons. The van der Waals surface area contributed by atoms with E-state index >= 15 is 0 Å². The van der Waals surface area contributed by atoms with Crippen molar-refractivity contribution in [3.05, 3.63) is 57.6 Å². The molecule has 1 aliphatic rings. The number of hydrogen-bond acceptors (Lipinski definition) is 6. The monoisotopic (exact) mass is 419 g/mol. The Balaban J connectivity index is 1.93. The minimum atomic E-state index is -3.67. The molecule has 0 spiro atoms. The fourth-order valence-electron chi connectivity index (χ4n) is 3.16. The van der Waals surface area contributed by atoms with Crippen molar-refractivity contribution in [3.8, 4) is 5.75 Å². The van der Waals surface area contributed by atoms with Crippen molar-refractivity contribution in [1.82, 2.24) is 4.31 Å². The van der Waals surface area contributed by atoms with E-state index in [1.165, 1.54) is 47.8 Å². The molecule has 9 nitrogen and oxygen atoms in total. The molecule has 1 amide bonds. The second kappa shape index (κ2) is 8.18. The molecule has 1 fully saturated rings. The summed E-state index contributed by atoms with van der Waals surface area (Å²) >= 11 is 0. The summed E-state index contributed by atoms with van der Waals surface area (Å²) in [4.78, 5) is 23.2. The van der Waals surface area contributed by atoms with Crippen molar-refractivity contribution in [2.45, 2.75) is 24.7 Å². The van der Waals surface area contributed by atoms with Gasteiger partial charge in [-0.2, -0.15) is 4.31 Å². The van der Waals surface area contributed by atoms with E-state index in [1.54, 1.807) is 6.92 Å². The van der Waals surface area contributed by atoms with Gasteiger partial charge in [-0.3, -0.25) is 14.9 Å². The van der Waals surface area contributed by atoms with Gasteiger partial charge < -0.3 is 10.1 Å². The number of sulfonamides is 1. The normalized spacial score (nSPS) is 14.6. The van der Waals surface area contributed by atoms with Crippen LogP contribution in [0.3, 0.4) is 0 Å². The molecule has 0 aromatic heterocycles. The molecule has 1 saturated heterocycles. The predicted molar refractivity (Wildman–Crippen MR) is 107 cm³/mol. The van der Waals surface area contributed by atoms with Gasteiger partial charge in [0.05, 0.1) is 22.6 Å². The van der Waals surface area contributed by atoms with Crippen LogP contribution in [-0.4, -0.2) is 43.8 Å². The number of carbonyl (C=O) groups excluding carboxylic acids is 1. The molecule has 0 atom stereocenters. The Kier molecular flexibility index (Phi) is 5.85. The fraction of sp³-hybridized carbons (Fsp3) is 0.316. The lowest BCUT2D eigenvalue weighted by Gasteiger charge is -2.17. The van der Waals surface area contributed by atoms with Gasteiger partial charge in [0.1, 0.15) is 5.75 Å². The second-order valence-corrected chi connectivity index (χ2v) is 8.62. The third-order valence-electron chi connectivity index (χ3n) is 4.79. The third kappa shape index (κ3) is 4.22. The zero-order valence-electron chi connectivity index (χ0n) is 16.0. The van der Waals surface area contributed by atoms with Crippen molar-refractivity contribution in [1.29, 1.82) is 0 Å². The number of nitro benzene ring substituents is 1. The van der Waals surface area contributed by atoms with E-state index in [-0.39, 0.29) is 27.6 Å². The molecular formula is C19H21N3O6S. The van der Waals surface area contributed by atoms with Crippen LogP contribution < -0.4 is 10.1 Å². The highest BCUT2D eigenvalue weighted by Gasteiger charge is 2.28. The average molecular weight is 419 g/mol. The van der Waals surface area contributed by atoms with E-state index < -0.39 is 20.9 Å². The SMILES string of the molecule is COc1ccc(S(=O)(=O)N2CCCC2)cc1NC(=O)c1ccc(C)c([N+](=O)[O-])c1. The van der Waals surface area contributed by atoms with Crippen molar-refractivity contribution >= 4 is 27.3 Å². The number of ether oxygens (including phenoxy) is 1. The Morgan fingerprint density at radius 3 is 2.48 bits per heavy atom. The van der Waals surface area contributed by atoms with Gasteiger partial charge in [-0.05, 0) is 44.0 Å².